The predicted octanol–water partition coefficient (Wildman–Crippen LogP) is 4.54. The van der Waals surface area contributed by atoms with E-state index in [1.54, 1.807) is 24.3 Å². The number of halogens is 2. The van der Waals surface area contributed by atoms with Gasteiger partial charge in [0.25, 0.3) is 11.6 Å². The molecule has 0 saturated heterocycles. The highest BCUT2D eigenvalue weighted by Gasteiger charge is 2.14. The summed E-state index contributed by atoms with van der Waals surface area (Å²) >= 11 is 10.7. The van der Waals surface area contributed by atoms with Crippen molar-refractivity contribution < 1.29 is 24.0 Å². The third kappa shape index (κ3) is 5.57. The number of nitrogens with zero attached hydrogens (tertiary/aromatic N) is 2. The number of carbonyl (C=O) groups is 2. The number of hydrogen-bond donors (Lipinski definition) is 1. The number of methoxy groups -OCH3 is 1. The molecule has 0 saturated carbocycles. The van der Waals surface area contributed by atoms with Crippen molar-refractivity contribution in [1.29, 1.82) is 0 Å². The van der Waals surface area contributed by atoms with E-state index in [4.69, 9.17) is 16.3 Å². The molecule has 1 aromatic heterocycles. The fourth-order valence-corrected chi connectivity index (χ4v) is 4.38. The van der Waals surface area contributed by atoms with Crippen molar-refractivity contribution in [3.63, 3.8) is 0 Å². The second kappa shape index (κ2) is 9.86. The van der Waals surface area contributed by atoms with Crippen LogP contribution in [-0.2, 0) is 9.53 Å². The van der Waals surface area contributed by atoms with Crippen molar-refractivity contribution in [1.82, 2.24) is 5.43 Å². The number of hydrazone groups is 1. The van der Waals surface area contributed by atoms with E-state index in [-0.39, 0.29) is 23.1 Å². The van der Waals surface area contributed by atoms with E-state index in [0.717, 1.165) is 4.70 Å². The van der Waals surface area contributed by atoms with Crippen molar-refractivity contribution in [2.24, 2.45) is 5.10 Å². The van der Waals surface area contributed by atoms with E-state index < -0.39 is 16.8 Å². The van der Waals surface area contributed by atoms with Crippen molar-refractivity contribution in [2.75, 3.05) is 13.7 Å². The summed E-state index contributed by atoms with van der Waals surface area (Å²) < 4.78 is 11.1. The van der Waals surface area contributed by atoms with Crippen LogP contribution >= 0.6 is 38.9 Å². The molecule has 0 unspecified atom stereocenters. The van der Waals surface area contributed by atoms with E-state index >= 15 is 0 Å². The van der Waals surface area contributed by atoms with E-state index in [1.807, 2.05) is 0 Å². The molecule has 0 aliphatic carbocycles. The van der Waals surface area contributed by atoms with Crippen LogP contribution in [0.1, 0.15) is 15.2 Å². The lowest BCUT2D eigenvalue weighted by Gasteiger charge is -2.09. The summed E-state index contributed by atoms with van der Waals surface area (Å²) in [5.41, 5.74) is 2.92. The minimum Gasteiger partial charge on any atom is -0.479 e. The van der Waals surface area contributed by atoms with Gasteiger partial charge in [-0.05, 0) is 45.8 Å². The summed E-state index contributed by atoms with van der Waals surface area (Å²) in [4.78, 5) is 34.3. The van der Waals surface area contributed by atoms with Gasteiger partial charge in [0.15, 0.2) is 12.4 Å². The number of nitro benzene ring substituents is 1. The zero-order valence-electron chi connectivity index (χ0n) is 15.8. The molecule has 0 aliphatic rings. The highest BCUT2D eigenvalue weighted by atomic mass is 79.9. The molecule has 2 aromatic carbocycles. The first-order valence-electron chi connectivity index (χ1n) is 8.48. The number of fused-ring (bicyclic) bond motifs is 1. The quantitative estimate of drug-likeness (QED) is 0.209. The zero-order valence-corrected chi connectivity index (χ0v) is 18.9. The van der Waals surface area contributed by atoms with Crippen LogP contribution in [0.3, 0.4) is 0 Å². The largest absolute Gasteiger partial charge is 0.479 e. The first-order valence-corrected chi connectivity index (χ1v) is 10.5. The number of nitro groups is 1. The number of thiophene rings is 1. The number of nitrogens with one attached hydrogen (secondary N) is 1. The molecule has 0 bridgehead atoms. The van der Waals surface area contributed by atoms with Gasteiger partial charge in [0.05, 0.1) is 32.6 Å². The second-order valence-electron chi connectivity index (χ2n) is 5.97. The Hall–Kier alpha value is -3.02. The number of non-ortho nitro benzene ring substituents is 1. The predicted molar refractivity (Wildman–Crippen MR) is 120 cm³/mol. The Labute approximate surface area is 192 Å². The molecule has 31 heavy (non-hydrogen) atoms. The Kier molecular flexibility index (Phi) is 7.21. The van der Waals surface area contributed by atoms with E-state index in [2.05, 4.69) is 31.2 Å². The summed E-state index contributed by atoms with van der Waals surface area (Å²) in [5, 5.41) is 15.6. The fourth-order valence-electron chi connectivity index (χ4n) is 2.46. The van der Waals surface area contributed by atoms with Gasteiger partial charge >= 0.3 is 5.97 Å². The average molecular weight is 527 g/mol. The van der Waals surface area contributed by atoms with Gasteiger partial charge in [-0.1, -0.05) is 11.6 Å². The molecule has 1 heterocycles. The highest BCUT2D eigenvalue weighted by molar-refractivity contribution is 9.10. The standard InChI is InChI=1S/C19H13BrClN3O6S/c1-29-17(25)9-30-18-13(20)4-10(5-14(18)21)8-22-23-19(26)16-7-11-6-12(24(27)28)2-3-15(11)31-16/h2-8H,9H2,1H3,(H,23,26)/b22-8-. The molecule has 1 N–H and O–H groups in total. The monoisotopic (exact) mass is 525 g/mol. The van der Waals surface area contributed by atoms with Crippen molar-refractivity contribution >= 4 is 72.7 Å². The van der Waals surface area contributed by atoms with E-state index in [9.17, 15) is 19.7 Å². The van der Waals surface area contributed by atoms with Crippen LogP contribution in [0.15, 0.2) is 46.0 Å². The van der Waals surface area contributed by atoms with Gasteiger partial charge in [-0.2, -0.15) is 5.10 Å². The molecule has 9 nitrogen and oxygen atoms in total. The van der Waals surface area contributed by atoms with Crippen LogP contribution in [0, 0.1) is 10.1 Å². The molecule has 3 aromatic rings. The third-order valence-electron chi connectivity index (χ3n) is 3.90. The summed E-state index contributed by atoms with van der Waals surface area (Å²) in [7, 11) is 1.25. The van der Waals surface area contributed by atoms with Gasteiger partial charge in [0, 0.05) is 22.2 Å². The molecule has 160 valence electrons. The molecule has 0 fully saturated rings. The van der Waals surface area contributed by atoms with Crippen LogP contribution in [0.4, 0.5) is 5.69 Å². The minimum absolute atomic E-state index is 0.0447. The number of amides is 1. The van der Waals surface area contributed by atoms with E-state index in [1.165, 1.54) is 36.8 Å². The normalized spacial score (nSPS) is 10.9. The summed E-state index contributed by atoms with van der Waals surface area (Å²) in [5.74, 6) is -0.733. The van der Waals surface area contributed by atoms with Gasteiger partial charge in [-0.25, -0.2) is 10.2 Å². The zero-order chi connectivity index (χ0) is 22.5. The van der Waals surface area contributed by atoms with Gasteiger partial charge in [0.2, 0.25) is 0 Å². The number of benzene rings is 2. The van der Waals surface area contributed by atoms with Crippen LogP contribution in [-0.4, -0.2) is 36.7 Å². The van der Waals surface area contributed by atoms with E-state index in [0.29, 0.717) is 20.3 Å². The fraction of sp³-hybridized carbons (Fsp3) is 0.105. The van der Waals surface area contributed by atoms with Crippen molar-refractivity contribution in [3.05, 3.63) is 66.4 Å². The van der Waals surface area contributed by atoms with Gasteiger partial charge in [0.1, 0.15) is 0 Å². The maximum absolute atomic E-state index is 12.3. The molecular weight excluding hydrogens is 514 g/mol. The van der Waals surface area contributed by atoms with Crippen LogP contribution in [0.25, 0.3) is 10.1 Å². The second-order valence-corrected chi connectivity index (χ2v) is 8.31. The number of esters is 1. The molecule has 0 spiro atoms. The lowest BCUT2D eigenvalue weighted by molar-refractivity contribution is -0.384. The maximum Gasteiger partial charge on any atom is 0.343 e. The SMILES string of the molecule is COC(=O)COc1c(Cl)cc(/C=N\NC(=O)c2cc3cc([N+](=O)[O-])ccc3s2)cc1Br. The van der Waals surface area contributed by atoms with Gasteiger partial charge in [-0.3, -0.25) is 14.9 Å². The molecule has 1 amide bonds. The number of hydrogen-bond acceptors (Lipinski definition) is 8. The van der Waals surface area contributed by atoms with Crippen molar-refractivity contribution in [3.8, 4) is 5.75 Å². The Morgan fingerprint density at radius 3 is 2.77 bits per heavy atom. The number of rotatable bonds is 7. The van der Waals surface area contributed by atoms with Gasteiger partial charge in [-0.15, -0.1) is 11.3 Å². The van der Waals surface area contributed by atoms with Crippen molar-refractivity contribution in [2.45, 2.75) is 0 Å². The minimum atomic E-state index is -0.549. The highest BCUT2D eigenvalue weighted by Crippen LogP contribution is 2.34. The Morgan fingerprint density at radius 2 is 2.10 bits per heavy atom. The third-order valence-corrected chi connectivity index (χ3v) is 5.88. The summed E-state index contributed by atoms with van der Waals surface area (Å²) in [6.07, 6.45) is 1.39. The average Bonchev–Trinajstić information content (AvgIpc) is 3.16. The lowest BCUT2D eigenvalue weighted by Crippen LogP contribution is -2.16. The maximum atomic E-state index is 12.3. The molecule has 12 heteroatoms. The molecular formula is C19H13BrClN3O6S. The first kappa shape index (κ1) is 22.7. The Bertz CT molecular complexity index is 1190. The summed E-state index contributed by atoms with van der Waals surface area (Å²) in [6, 6.07) is 9.16. The molecule has 3 rings (SSSR count). The molecule has 0 atom stereocenters. The Morgan fingerprint density at radius 1 is 1.32 bits per heavy atom. The number of ether oxygens (including phenoxy) is 2. The molecule has 0 aliphatic heterocycles. The lowest BCUT2D eigenvalue weighted by atomic mass is 10.2. The topological polar surface area (TPSA) is 120 Å². The van der Waals surface area contributed by atoms with Gasteiger partial charge < -0.3 is 9.47 Å². The smallest absolute Gasteiger partial charge is 0.343 e. The summed E-state index contributed by atoms with van der Waals surface area (Å²) in [6.45, 7) is -0.295. The Balaban J connectivity index is 1.68. The van der Waals surface area contributed by atoms with Crippen LogP contribution < -0.4 is 10.2 Å². The first-order chi connectivity index (χ1) is 14.8. The van der Waals surface area contributed by atoms with Crippen LogP contribution in [0.2, 0.25) is 5.02 Å². The number of carbonyl (C=O) groups excluding carboxylic acids is 2. The molecule has 0 radical (unpaired) electrons. The van der Waals surface area contributed by atoms with Crippen LogP contribution in [0.5, 0.6) is 5.75 Å².